The van der Waals surface area contributed by atoms with E-state index in [2.05, 4.69) is 18.0 Å². The molecule has 0 aromatic carbocycles. The van der Waals surface area contributed by atoms with E-state index in [4.69, 9.17) is 18.6 Å². The predicted molar refractivity (Wildman–Crippen MR) is 75.5 cm³/mol. The van der Waals surface area contributed by atoms with Gasteiger partial charge < -0.3 is 18.6 Å². The van der Waals surface area contributed by atoms with Gasteiger partial charge in [0.05, 0.1) is 26.4 Å². The van der Waals surface area contributed by atoms with Gasteiger partial charge in [-0.1, -0.05) is 0 Å². The van der Waals surface area contributed by atoms with E-state index >= 15 is 0 Å². The van der Waals surface area contributed by atoms with E-state index in [9.17, 15) is 0 Å². The molecule has 0 saturated carbocycles. The molecule has 6 heteroatoms. The van der Waals surface area contributed by atoms with Gasteiger partial charge in [0.25, 0.3) is 0 Å². The lowest BCUT2D eigenvalue weighted by molar-refractivity contribution is 0.114. The van der Waals surface area contributed by atoms with Crippen LogP contribution in [0.2, 0.25) is 13.1 Å². The summed E-state index contributed by atoms with van der Waals surface area (Å²) >= 11 is 0. The largest absolute Gasteiger partial charge is 0.414 e. The molecule has 0 aliphatic heterocycles. The van der Waals surface area contributed by atoms with Gasteiger partial charge in [0.15, 0.2) is 0 Å². The molecule has 0 aromatic heterocycles. The standard InChI is InChI=1S/C12H29NO4Si/c1-14-8-6-13(7-9-15-2)12-18(4,5)17-11-10-16-3/h6-12H2,1-5H3. The highest BCUT2D eigenvalue weighted by atomic mass is 28.4. The van der Waals surface area contributed by atoms with Crippen molar-refractivity contribution in [2.24, 2.45) is 0 Å². The number of nitrogens with zero attached hydrogens (tertiary/aromatic N) is 1. The van der Waals surface area contributed by atoms with Gasteiger partial charge in [0, 0.05) is 40.6 Å². The van der Waals surface area contributed by atoms with E-state index in [1.807, 2.05) is 0 Å². The molecular formula is C12H29NO4Si. The first-order valence-corrected chi connectivity index (χ1v) is 9.50. The molecule has 0 aromatic rings. The second-order valence-corrected chi connectivity index (χ2v) is 8.99. The molecule has 18 heavy (non-hydrogen) atoms. The third-order valence-electron chi connectivity index (χ3n) is 2.61. The minimum absolute atomic E-state index is 0.659. The van der Waals surface area contributed by atoms with Crippen molar-refractivity contribution in [1.29, 1.82) is 0 Å². The zero-order valence-electron chi connectivity index (χ0n) is 12.5. The first-order valence-electron chi connectivity index (χ1n) is 6.39. The van der Waals surface area contributed by atoms with E-state index in [-0.39, 0.29) is 0 Å². The van der Waals surface area contributed by atoms with Gasteiger partial charge in [-0.15, -0.1) is 0 Å². The maximum atomic E-state index is 5.95. The Morgan fingerprint density at radius 2 is 1.28 bits per heavy atom. The molecular weight excluding hydrogens is 250 g/mol. The van der Waals surface area contributed by atoms with Gasteiger partial charge in [-0.25, -0.2) is 0 Å². The Kier molecular flexibility index (Phi) is 10.9. The molecule has 110 valence electrons. The number of methoxy groups -OCH3 is 3. The van der Waals surface area contributed by atoms with Crippen LogP contribution in [0, 0.1) is 0 Å². The zero-order valence-corrected chi connectivity index (χ0v) is 13.5. The molecule has 0 aliphatic carbocycles. The zero-order chi connectivity index (χ0) is 13.9. The molecule has 0 radical (unpaired) electrons. The normalized spacial score (nSPS) is 12.3. The molecule has 0 N–H and O–H groups in total. The highest BCUT2D eigenvalue weighted by Crippen LogP contribution is 2.07. The van der Waals surface area contributed by atoms with Crippen LogP contribution in [-0.2, 0) is 18.6 Å². The minimum atomic E-state index is -1.67. The molecule has 5 nitrogen and oxygen atoms in total. The number of ether oxygens (including phenoxy) is 3. The lowest BCUT2D eigenvalue weighted by Crippen LogP contribution is -2.47. The Labute approximate surface area is 112 Å². The Bertz CT molecular complexity index is 185. The van der Waals surface area contributed by atoms with Gasteiger partial charge in [-0.2, -0.15) is 0 Å². The van der Waals surface area contributed by atoms with Crippen LogP contribution in [0.4, 0.5) is 0 Å². The van der Waals surface area contributed by atoms with E-state index in [0.717, 1.165) is 32.5 Å². The fraction of sp³-hybridized carbons (Fsp3) is 1.00. The van der Waals surface area contributed by atoms with E-state index in [1.165, 1.54) is 0 Å². The van der Waals surface area contributed by atoms with Crippen molar-refractivity contribution < 1.29 is 18.6 Å². The molecule has 0 spiro atoms. The van der Waals surface area contributed by atoms with E-state index in [1.54, 1.807) is 21.3 Å². The van der Waals surface area contributed by atoms with Crippen molar-refractivity contribution in [1.82, 2.24) is 4.90 Å². The van der Waals surface area contributed by atoms with Crippen LogP contribution >= 0.6 is 0 Å². The summed E-state index contributed by atoms with van der Waals surface area (Å²) in [5, 5.41) is 0. The number of hydrogen-bond acceptors (Lipinski definition) is 5. The Morgan fingerprint density at radius 1 is 0.778 bits per heavy atom. The Balaban J connectivity index is 4.07. The van der Waals surface area contributed by atoms with E-state index < -0.39 is 8.32 Å². The first kappa shape index (κ1) is 18.0. The summed E-state index contributed by atoms with van der Waals surface area (Å²) in [6.45, 7) is 9.13. The van der Waals surface area contributed by atoms with Crippen LogP contribution in [0.5, 0.6) is 0 Å². The Morgan fingerprint density at radius 3 is 1.72 bits per heavy atom. The second kappa shape index (κ2) is 10.9. The third kappa shape index (κ3) is 9.99. The van der Waals surface area contributed by atoms with Crippen molar-refractivity contribution >= 4 is 8.32 Å². The number of hydrogen-bond donors (Lipinski definition) is 0. The minimum Gasteiger partial charge on any atom is -0.414 e. The summed E-state index contributed by atoms with van der Waals surface area (Å²) in [6, 6.07) is 0. The molecule has 0 bridgehead atoms. The average molecular weight is 279 g/mol. The molecule has 0 fully saturated rings. The van der Waals surface area contributed by atoms with Crippen LogP contribution in [0.1, 0.15) is 0 Å². The Hall–Kier alpha value is 0.0169. The topological polar surface area (TPSA) is 40.2 Å². The summed E-state index contributed by atoms with van der Waals surface area (Å²) in [6.07, 6.45) is 0.990. The molecule has 0 amide bonds. The summed E-state index contributed by atoms with van der Waals surface area (Å²) in [5.74, 6) is 0. The van der Waals surface area contributed by atoms with Crippen LogP contribution < -0.4 is 0 Å². The van der Waals surface area contributed by atoms with Crippen molar-refractivity contribution in [3.63, 3.8) is 0 Å². The monoisotopic (exact) mass is 279 g/mol. The van der Waals surface area contributed by atoms with Gasteiger partial charge >= 0.3 is 0 Å². The lowest BCUT2D eigenvalue weighted by atomic mass is 10.5. The average Bonchev–Trinajstić information content (AvgIpc) is 2.32. The summed E-state index contributed by atoms with van der Waals surface area (Å²) < 4.78 is 21.2. The summed E-state index contributed by atoms with van der Waals surface area (Å²) in [7, 11) is 3.48. The van der Waals surface area contributed by atoms with Crippen molar-refractivity contribution in [3.05, 3.63) is 0 Å². The maximum Gasteiger partial charge on any atom is 0.200 e. The van der Waals surface area contributed by atoms with Gasteiger partial charge in [-0.3, -0.25) is 4.90 Å². The molecule has 0 saturated heterocycles. The molecule has 0 aliphatic rings. The van der Waals surface area contributed by atoms with Gasteiger partial charge in [0.1, 0.15) is 0 Å². The van der Waals surface area contributed by atoms with Crippen LogP contribution in [0.25, 0.3) is 0 Å². The highest BCUT2D eigenvalue weighted by Gasteiger charge is 2.25. The SMILES string of the molecule is COCCO[Si](C)(C)CN(CCOC)CCOC. The van der Waals surface area contributed by atoms with Crippen LogP contribution in [0.15, 0.2) is 0 Å². The predicted octanol–water partition coefficient (Wildman–Crippen LogP) is 0.989. The quantitative estimate of drug-likeness (QED) is 0.393. The van der Waals surface area contributed by atoms with Crippen molar-refractivity contribution in [3.8, 4) is 0 Å². The molecule has 0 rings (SSSR count). The fourth-order valence-corrected chi connectivity index (χ4v) is 3.82. The van der Waals surface area contributed by atoms with Crippen molar-refractivity contribution in [2.75, 3.05) is 67.0 Å². The van der Waals surface area contributed by atoms with E-state index in [0.29, 0.717) is 13.2 Å². The molecule has 0 heterocycles. The first-order chi connectivity index (χ1) is 8.55. The smallest absolute Gasteiger partial charge is 0.200 e. The maximum absolute atomic E-state index is 5.95. The van der Waals surface area contributed by atoms with Crippen LogP contribution in [-0.4, -0.2) is 80.2 Å². The summed E-state index contributed by atoms with van der Waals surface area (Å²) in [4.78, 5) is 2.35. The second-order valence-electron chi connectivity index (χ2n) is 4.86. The third-order valence-corrected chi connectivity index (χ3v) is 4.80. The number of rotatable bonds is 12. The molecule has 0 atom stereocenters. The fourth-order valence-electron chi connectivity index (χ4n) is 1.70. The summed E-state index contributed by atoms with van der Waals surface area (Å²) in [5.41, 5.74) is 0. The van der Waals surface area contributed by atoms with Gasteiger partial charge in [0.2, 0.25) is 8.32 Å². The van der Waals surface area contributed by atoms with Crippen LogP contribution in [0.3, 0.4) is 0 Å². The lowest BCUT2D eigenvalue weighted by Gasteiger charge is -2.30. The molecule has 0 unspecified atom stereocenters. The van der Waals surface area contributed by atoms with Gasteiger partial charge in [-0.05, 0) is 13.1 Å². The van der Waals surface area contributed by atoms with Crippen molar-refractivity contribution in [2.45, 2.75) is 13.1 Å². The highest BCUT2D eigenvalue weighted by molar-refractivity contribution is 6.71.